The molecule has 0 aliphatic rings. The minimum Gasteiger partial charge on any atom is -0.379 e. The second kappa shape index (κ2) is 12.9. The SMILES string of the molecule is CCCCOCCOCCNCCC(C)C. The first kappa shape index (κ1) is 15.9. The fraction of sp³-hybridized carbons (Fsp3) is 1.00. The molecule has 0 amide bonds. The fourth-order valence-corrected chi connectivity index (χ4v) is 1.23. The molecule has 0 fully saturated rings. The molecule has 98 valence electrons. The lowest BCUT2D eigenvalue weighted by Gasteiger charge is -2.08. The van der Waals surface area contributed by atoms with Crippen LogP contribution in [0.4, 0.5) is 0 Å². The highest BCUT2D eigenvalue weighted by Crippen LogP contribution is 1.95. The molecule has 0 heterocycles. The zero-order valence-corrected chi connectivity index (χ0v) is 11.3. The Labute approximate surface area is 101 Å². The van der Waals surface area contributed by atoms with Crippen LogP contribution in [0.1, 0.15) is 40.0 Å². The average Bonchev–Trinajstić information content (AvgIpc) is 2.25. The van der Waals surface area contributed by atoms with Crippen LogP contribution in [-0.4, -0.2) is 39.5 Å². The van der Waals surface area contributed by atoms with Crippen molar-refractivity contribution in [2.24, 2.45) is 5.92 Å². The van der Waals surface area contributed by atoms with Crippen LogP contribution in [0.5, 0.6) is 0 Å². The number of rotatable bonds is 12. The molecule has 0 rings (SSSR count). The molecule has 0 saturated carbocycles. The largest absolute Gasteiger partial charge is 0.379 e. The molecular formula is C13H29NO2. The molecule has 1 N–H and O–H groups in total. The molecule has 3 heteroatoms. The maximum Gasteiger partial charge on any atom is 0.0701 e. The van der Waals surface area contributed by atoms with Crippen molar-refractivity contribution < 1.29 is 9.47 Å². The first-order valence-electron chi connectivity index (χ1n) is 6.63. The molecule has 0 aromatic carbocycles. The van der Waals surface area contributed by atoms with Crippen LogP contribution < -0.4 is 5.32 Å². The van der Waals surface area contributed by atoms with Gasteiger partial charge in [0.15, 0.2) is 0 Å². The zero-order chi connectivity index (χ0) is 12.1. The van der Waals surface area contributed by atoms with Crippen LogP contribution in [0.3, 0.4) is 0 Å². The van der Waals surface area contributed by atoms with Crippen LogP contribution >= 0.6 is 0 Å². The van der Waals surface area contributed by atoms with E-state index in [0.29, 0.717) is 0 Å². The van der Waals surface area contributed by atoms with Gasteiger partial charge in [-0.05, 0) is 25.3 Å². The van der Waals surface area contributed by atoms with Crippen molar-refractivity contribution >= 4 is 0 Å². The summed E-state index contributed by atoms with van der Waals surface area (Å²) in [4.78, 5) is 0. The predicted octanol–water partition coefficient (Wildman–Crippen LogP) is 2.46. The van der Waals surface area contributed by atoms with Crippen molar-refractivity contribution in [1.29, 1.82) is 0 Å². The molecule has 16 heavy (non-hydrogen) atoms. The standard InChI is InChI=1S/C13H29NO2/c1-4-5-9-15-11-12-16-10-8-14-7-6-13(2)3/h13-14H,4-12H2,1-3H3. The van der Waals surface area contributed by atoms with Crippen molar-refractivity contribution in [3.05, 3.63) is 0 Å². The normalized spacial score (nSPS) is 11.2. The van der Waals surface area contributed by atoms with Gasteiger partial charge in [-0.15, -0.1) is 0 Å². The molecule has 0 saturated heterocycles. The lowest BCUT2D eigenvalue weighted by molar-refractivity contribution is 0.0478. The second-order valence-corrected chi connectivity index (χ2v) is 4.51. The summed E-state index contributed by atoms with van der Waals surface area (Å²) in [5.74, 6) is 0.778. The van der Waals surface area contributed by atoms with E-state index in [1.54, 1.807) is 0 Å². The van der Waals surface area contributed by atoms with Crippen molar-refractivity contribution in [1.82, 2.24) is 5.32 Å². The van der Waals surface area contributed by atoms with Gasteiger partial charge in [-0.1, -0.05) is 27.2 Å². The van der Waals surface area contributed by atoms with Crippen LogP contribution in [0.15, 0.2) is 0 Å². The number of ether oxygens (including phenoxy) is 2. The van der Waals surface area contributed by atoms with Gasteiger partial charge in [0.05, 0.1) is 19.8 Å². The summed E-state index contributed by atoms with van der Waals surface area (Å²) >= 11 is 0. The van der Waals surface area contributed by atoms with Crippen LogP contribution in [0.2, 0.25) is 0 Å². The summed E-state index contributed by atoms with van der Waals surface area (Å²) in [6, 6.07) is 0. The molecule has 0 unspecified atom stereocenters. The number of hydrogen-bond donors (Lipinski definition) is 1. The van der Waals surface area contributed by atoms with Crippen LogP contribution in [0.25, 0.3) is 0 Å². The molecule has 0 radical (unpaired) electrons. The van der Waals surface area contributed by atoms with E-state index >= 15 is 0 Å². The van der Waals surface area contributed by atoms with Gasteiger partial charge in [0, 0.05) is 13.2 Å². The van der Waals surface area contributed by atoms with Gasteiger partial charge in [-0.25, -0.2) is 0 Å². The summed E-state index contributed by atoms with van der Waals surface area (Å²) in [5, 5.41) is 3.36. The van der Waals surface area contributed by atoms with Gasteiger partial charge in [0.2, 0.25) is 0 Å². The Morgan fingerprint density at radius 1 is 0.938 bits per heavy atom. The minimum atomic E-state index is 0.718. The Kier molecular flexibility index (Phi) is 12.9. The first-order chi connectivity index (χ1) is 7.77. The van der Waals surface area contributed by atoms with E-state index in [9.17, 15) is 0 Å². The maximum absolute atomic E-state index is 5.43. The van der Waals surface area contributed by atoms with Crippen LogP contribution in [-0.2, 0) is 9.47 Å². The van der Waals surface area contributed by atoms with Gasteiger partial charge in [-0.3, -0.25) is 0 Å². The molecule has 0 bridgehead atoms. The molecule has 0 aliphatic heterocycles. The van der Waals surface area contributed by atoms with Crippen molar-refractivity contribution in [2.75, 3.05) is 39.5 Å². The highest BCUT2D eigenvalue weighted by Gasteiger charge is 1.93. The third-order valence-corrected chi connectivity index (χ3v) is 2.34. The summed E-state index contributed by atoms with van der Waals surface area (Å²) in [6.07, 6.45) is 3.58. The van der Waals surface area contributed by atoms with Crippen molar-refractivity contribution in [2.45, 2.75) is 40.0 Å². The lowest BCUT2D eigenvalue weighted by Crippen LogP contribution is -2.22. The van der Waals surface area contributed by atoms with Gasteiger partial charge in [0.25, 0.3) is 0 Å². The zero-order valence-electron chi connectivity index (χ0n) is 11.3. The smallest absolute Gasteiger partial charge is 0.0701 e. The topological polar surface area (TPSA) is 30.5 Å². The van der Waals surface area contributed by atoms with Gasteiger partial charge < -0.3 is 14.8 Å². The Balaban J connectivity index is 2.88. The molecule has 0 aromatic rings. The Morgan fingerprint density at radius 3 is 2.25 bits per heavy atom. The van der Waals surface area contributed by atoms with Crippen molar-refractivity contribution in [3.8, 4) is 0 Å². The number of nitrogens with one attached hydrogen (secondary N) is 1. The van der Waals surface area contributed by atoms with Gasteiger partial charge >= 0.3 is 0 Å². The highest BCUT2D eigenvalue weighted by atomic mass is 16.5. The Hall–Kier alpha value is -0.120. The van der Waals surface area contributed by atoms with Crippen LogP contribution in [0, 0.1) is 5.92 Å². The molecule has 0 aliphatic carbocycles. The van der Waals surface area contributed by atoms with E-state index in [4.69, 9.17) is 9.47 Å². The molecule has 0 aromatic heterocycles. The highest BCUT2D eigenvalue weighted by molar-refractivity contribution is 4.50. The molecular weight excluding hydrogens is 202 g/mol. The van der Waals surface area contributed by atoms with Gasteiger partial charge in [-0.2, -0.15) is 0 Å². The quantitative estimate of drug-likeness (QED) is 0.523. The third kappa shape index (κ3) is 13.9. The summed E-state index contributed by atoms with van der Waals surface area (Å²) in [6.45, 7) is 11.8. The summed E-state index contributed by atoms with van der Waals surface area (Å²) < 4.78 is 10.8. The monoisotopic (exact) mass is 231 g/mol. The summed E-state index contributed by atoms with van der Waals surface area (Å²) in [7, 11) is 0. The van der Waals surface area contributed by atoms with E-state index in [2.05, 4.69) is 26.1 Å². The average molecular weight is 231 g/mol. The third-order valence-electron chi connectivity index (χ3n) is 2.34. The van der Waals surface area contributed by atoms with E-state index in [1.807, 2.05) is 0 Å². The number of unbranched alkanes of at least 4 members (excludes halogenated alkanes) is 1. The molecule has 0 spiro atoms. The fourth-order valence-electron chi connectivity index (χ4n) is 1.23. The lowest BCUT2D eigenvalue weighted by atomic mass is 10.1. The van der Waals surface area contributed by atoms with E-state index in [1.165, 1.54) is 12.8 Å². The van der Waals surface area contributed by atoms with Gasteiger partial charge in [0.1, 0.15) is 0 Å². The minimum absolute atomic E-state index is 0.718. The maximum atomic E-state index is 5.43. The summed E-state index contributed by atoms with van der Waals surface area (Å²) in [5.41, 5.74) is 0. The Bertz CT molecular complexity index is 129. The van der Waals surface area contributed by atoms with Crippen molar-refractivity contribution in [3.63, 3.8) is 0 Å². The molecule has 3 nitrogen and oxygen atoms in total. The Morgan fingerprint density at radius 2 is 1.62 bits per heavy atom. The van der Waals surface area contributed by atoms with E-state index in [-0.39, 0.29) is 0 Å². The predicted molar refractivity (Wildman–Crippen MR) is 68.9 cm³/mol. The number of hydrogen-bond acceptors (Lipinski definition) is 3. The van der Waals surface area contributed by atoms with E-state index < -0.39 is 0 Å². The first-order valence-corrected chi connectivity index (χ1v) is 6.63. The van der Waals surface area contributed by atoms with E-state index in [0.717, 1.165) is 51.9 Å². The molecule has 0 atom stereocenters. The second-order valence-electron chi connectivity index (χ2n) is 4.51.